The van der Waals surface area contributed by atoms with Crippen molar-refractivity contribution >= 4 is 11.5 Å². The van der Waals surface area contributed by atoms with Gasteiger partial charge in [-0.1, -0.05) is 13.1 Å². The van der Waals surface area contributed by atoms with Crippen molar-refractivity contribution in [3.05, 3.63) is 18.1 Å². The quantitative estimate of drug-likeness (QED) is 0.748. The number of nitrogens with zero attached hydrogens (tertiary/aromatic N) is 2. The van der Waals surface area contributed by atoms with Gasteiger partial charge in [0, 0.05) is 32.7 Å². The van der Waals surface area contributed by atoms with Crippen LogP contribution in [-0.4, -0.2) is 9.55 Å². The number of nitrogens with two attached hydrogens (primary N) is 1. The molecule has 63 valence electrons. The van der Waals surface area contributed by atoms with Gasteiger partial charge in [0.25, 0.3) is 0 Å². The van der Waals surface area contributed by atoms with E-state index < -0.39 is 0 Å². The monoisotopic (exact) mass is 238 g/mol. The summed E-state index contributed by atoms with van der Waals surface area (Å²) in [4.78, 5) is 4.00. The maximum Gasteiger partial charge on any atom is 0.0667 e. The Morgan fingerprint density at radius 3 is 2.58 bits per heavy atom. The van der Waals surface area contributed by atoms with Crippen LogP contribution in [0.2, 0.25) is 0 Å². The number of allylic oxidation sites excluding steroid dienone is 2. The zero-order valence-corrected chi connectivity index (χ0v) is 10.4. The normalized spacial score (nSPS) is 11.1. The zero-order chi connectivity index (χ0) is 8.43. The minimum absolute atomic E-state index is 0. The molecule has 0 unspecified atom stereocenters. The van der Waals surface area contributed by atoms with Gasteiger partial charge >= 0.3 is 0 Å². The third-order valence-corrected chi connectivity index (χ3v) is 1.53. The van der Waals surface area contributed by atoms with Gasteiger partial charge in [0.2, 0.25) is 0 Å². The van der Waals surface area contributed by atoms with E-state index in [0.29, 0.717) is 5.82 Å². The fraction of sp³-hybridized carbons (Fsp3) is 0.375. The van der Waals surface area contributed by atoms with Crippen LogP contribution >= 0.6 is 0 Å². The summed E-state index contributed by atoms with van der Waals surface area (Å²) in [5.41, 5.74) is 6.41. The van der Waals surface area contributed by atoms with Gasteiger partial charge in [0.05, 0.1) is 5.82 Å². The number of hydrogen-bond donors (Lipinski definition) is 1. The molecule has 0 atom stereocenters. The van der Waals surface area contributed by atoms with Crippen molar-refractivity contribution in [2.75, 3.05) is 5.73 Å². The van der Waals surface area contributed by atoms with Gasteiger partial charge in [-0.2, -0.15) is 0 Å². The number of hydrogen-bond acceptors (Lipinski definition) is 2. The van der Waals surface area contributed by atoms with Crippen LogP contribution in [0.25, 0.3) is 5.70 Å². The van der Waals surface area contributed by atoms with E-state index in [4.69, 9.17) is 5.73 Å². The third-order valence-electron chi connectivity index (χ3n) is 1.53. The van der Waals surface area contributed by atoms with Crippen molar-refractivity contribution in [3.63, 3.8) is 0 Å². The van der Waals surface area contributed by atoms with E-state index in [1.165, 1.54) is 0 Å². The van der Waals surface area contributed by atoms with Crippen LogP contribution in [-0.2, 0) is 32.7 Å². The Kier molecular flexibility index (Phi) is 4.72. The van der Waals surface area contributed by atoms with E-state index in [1.54, 1.807) is 4.57 Å². The van der Waals surface area contributed by atoms with Crippen LogP contribution in [0, 0.1) is 19.2 Å². The van der Waals surface area contributed by atoms with Crippen LogP contribution in [0.3, 0.4) is 0 Å². The minimum Gasteiger partial charge on any atom is -0.551 e. The molecule has 0 aliphatic heterocycles. The summed E-state index contributed by atoms with van der Waals surface area (Å²) in [6, 6.07) is 0. The van der Waals surface area contributed by atoms with Crippen LogP contribution in [0.15, 0.2) is 0 Å². The first-order valence-corrected chi connectivity index (χ1v) is 3.41. The van der Waals surface area contributed by atoms with E-state index >= 15 is 0 Å². The standard InChI is InChI=1S/C8H11N3.Y/c1-4-6(2)11-5-8(9)10-7(11)3;/h9H2,1-3H3;/q-2;. The van der Waals surface area contributed by atoms with Crippen molar-refractivity contribution in [2.45, 2.75) is 20.8 Å². The summed E-state index contributed by atoms with van der Waals surface area (Å²) in [6.45, 7) is 5.66. The summed E-state index contributed by atoms with van der Waals surface area (Å²) in [5.74, 6) is 1.27. The molecule has 0 saturated carbocycles. The molecule has 12 heavy (non-hydrogen) atoms. The number of rotatable bonds is 1. The Morgan fingerprint density at radius 1 is 1.67 bits per heavy atom. The second-order valence-corrected chi connectivity index (χ2v) is 2.33. The maximum atomic E-state index is 5.44. The van der Waals surface area contributed by atoms with E-state index in [0.717, 1.165) is 11.5 Å². The van der Waals surface area contributed by atoms with Gasteiger partial charge in [-0.3, -0.25) is 10.7 Å². The number of anilines is 1. The Labute approximate surface area is 97.9 Å². The Hall–Kier alpha value is -0.146. The molecule has 1 heterocycles. The summed E-state index contributed by atoms with van der Waals surface area (Å²) in [6.07, 6.45) is 5.87. The van der Waals surface area contributed by atoms with E-state index in [-0.39, 0.29) is 32.7 Å². The SMILES string of the molecule is C[C-]=C(C)n1[c-]c(N)nc1C.[Y]. The largest absolute Gasteiger partial charge is 0.551 e. The molecule has 1 aromatic rings. The van der Waals surface area contributed by atoms with Gasteiger partial charge < -0.3 is 16.4 Å². The molecule has 2 N–H and O–H groups in total. The summed E-state index contributed by atoms with van der Waals surface area (Å²) in [5, 5.41) is 0. The van der Waals surface area contributed by atoms with Crippen LogP contribution in [0.5, 0.6) is 0 Å². The number of aryl methyl sites for hydroxylation is 1. The number of imidazole rings is 1. The van der Waals surface area contributed by atoms with Gasteiger partial charge in [-0.25, -0.2) is 6.92 Å². The van der Waals surface area contributed by atoms with Crippen LogP contribution in [0.4, 0.5) is 5.82 Å². The average Bonchev–Trinajstić information content (AvgIpc) is 2.28. The molecule has 1 radical (unpaired) electrons. The molecule has 0 amide bonds. The second-order valence-electron chi connectivity index (χ2n) is 2.33. The van der Waals surface area contributed by atoms with Crippen LogP contribution in [0.1, 0.15) is 19.7 Å². The molecule has 0 aliphatic rings. The van der Waals surface area contributed by atoms with Crippen molar-refractivity contribution in [1.82, 2.24) is 9.55 Å². The van der Waals surface area contributed by atoms with Gasteiger partial charge in [-0.15, -0.1) is 6.92 Å². The Balaban J connectivity index is 0.00000121. The van der Waals surface area contributed by atoms with Crippen molar-refractivity contribution in [2.24, 2.45) is 0 Å². The summed E-state index contributed by atoms with van der Waals surface area (Å²) >= 11 is 0. The first-order chi connectivity index (χ1) is 5.15. The molecular formula is C8H11N3Y-2. The fourth-order valence-corrected chi connectivity index (χ4v) is 0.883. The Morgan fingerprint density at radius 2 is 2.25 bits per heavy atom. The smallest absolute Gasteiger partial charge is 0.0667 e. The maximum absolute atomic E-state index is 5.44. The van der Waals surface area contributed by atoms with E-state index in [2.05, 4.69) is 17.3 Å². The molecule has 0 aliphatic carbocycles. The minimum atomic E-state index is 0. The van der Waals surface area contributed by atoms with Crippen molar-refractivity contribution < 1.29 is 32.7 Å². The first kappa shape index (κ1) is 11.9. The summed E-state index contributed by atoms with van der Waals surface area (Å²) < 4.78 is 1.79. The Bertz CT molecular complexity index is 288. The van der Waals surface area contributed by atoms with E-state index in [9.17, 15) is 0 Å². The molecule has 0 spiro atoms. The van der Waals surface area contributed by atoms with Crippen molar-refractivity contribution in [3.8, 4) is 0 Å². The molecular weight excluding hydrogens is 227 g/mol. The zero-order valence-electron chi connectivity index (χ0n) is 7.55. The average molecular weight is 238 g/mol. The number of aromatic nitrogens is 2. The molecule has 3 nitrogen and oxygen atoms in total. The molecule has 1 aromatic heterocycles. The van der Waals surface area contributed by atoms with Gasteiger partial charge in [0.1, 0.15) is 0 Å². The van der Waals surface area contributed by atoms with Crippen molar-refractivity contribution in [1.29, 1.82) is 0 Å². The first-order valence-electron chi connectivity index (χ1n) is 3.41. The number of nitrogen functional groups attached to an aromatic ring is 1. The molecule has 0 fully saturated rings. The molecule has 0 aromatic carbocycles. The second kappa shape index (κ2) is 4.78. The predicted molar refractivity (Wildman–Crippen MR) is 44.5 cm³/mol. The topological polar surface area (TPSA) is 43.8 Å². The van der Waals surface area contributed by atoms with Crippen LogP contribution < -0.4 is 5.73 Å². The summed E-state index contributed by atoms with van der Waals surface area (Å²) in [7, 11) is 0. The molecule has 4 heteroatoms. The third kappa shape index (κ3) is 2.42. The molecule has 1 rings (SSSR count). The van der Waals surface area contributed by atoms with Gasteiger partial charge in [-0.05, 0) is 5.82 Å². The predicted octanol–water partition coefficient (Wildman–Crippen LogP) is 1.26. The van der Waals surface area contributed by atoms with E-state index in [1.807, 2.05) is 20.8 Å². The van der Waals surface area contributed by atoms with Gasteiger partial charge in [0.15, 0.2) is 0 Å². The molecule has 0 bridgehead atoms. The fourth-order valence-electron chi connectivity index (χ4n) is 0.883. The molecule has 0 saturated heterocycles.